The maximum atomic E-state index is 13.1. The number of rotatable bonds is 3. The number of nitrogens with one attached hydrogen (secondary N) is 1. The molecule has 1 N–H and O–H groups in total. The van der Waals surface area contributed by atoms with E-state index in [0.717, 1.165) is 11.6 Å². The molecule has 1 amide bonds. The van der Waals surface area contributed by atoms with E-state index in [-0.39, 0.29) is 23.0 Å². The maximum absolute atomic E-state index is 13.1. The number of aryl methyl sites for hydroxylation is 1. The van der Waals surface area contributed by atoms with Crippen LogP contribution in [0.3, 0.4) is 0 Å². The van der Waals surface area contributed by atoms with Crippen molar-refractivity contribution in [3.63, 3.8) is 0 Å². The standard InChI is InChI=1S/C20H19F3N4O/c1-5-13-6-8-14(9-7-13)19(3,4)26-18(28)16-17-25-15(20(21,22)23)10-12(2)27(17)11-24-16/h1,6,8-11,13H,7H2,2-4H3,(H,26,28). The molecule has 2 heterocycles. The molecule has 1 atom stereocenters. The van der Waals surface area contributed by atoms with Crippen LogP contribution in [0.15, 0.2) is 36.2 Å². The fraction of sp³-hybridized carbons (Fsp3) is 0.350. The maximum Gasteiger partial charge on any atom is 0.433 e. The molecule has 0 radical (unpaired) electrons. The van der Waals surface area contributed by atoms with Crippen LogP contribution < -0.4 is 5.32 Å². The normalized spacial score (nSPS) is 17.3. The fourth-order valence-electron chi connectivity index (χ4n) is 3.05. The van der Waals surface area contributed by atoms with Crippen molar-refractivity contribution in [2.45, 2.75) is 38.9 Å². The van der Waals surface area contributed by atoms with Gasteiger partial charge in [-0.25, -0.2) is 9.97 Å². The lowest BCUT2D eigenvalue weighted by Crippen LogP contribution is -2.45. The Morgan fingerprint density at radius 1 is 1.39 bits per heavy atom. The van der Waals surface area contributed by atoms with Crippen LogP contribution in [0.2, 0.25) is 0 Å². The molecule has 2 aromatic rings. The summed E-state index contributed by atoms with van der Waals surface area (Å²) in [7, 11) is 0. The first-order valence-corrected chi connectivity index (χ1v) is 8.62. The number of carbonyl (C=O) groups is 1. The Hall–Kier alpha value is -3.08. The minimum Gasteiger partial charge on any atom is -0.342 e. The Morgan fingerprint density at radius 3 is 2.68 bits per heavy atom. The van der Waals surface area contributed by atoms with Gasteiger partial charge in [-0.05, 0) is 38.8 Å². The van der Waals surface area contributed by atoms with E-state index in [9.17, 15) is 18.0 Å². The molecule has 0 bridgehead atoms. The lowest BCUT2D eigenvalue weighted by molar-refractivity contribution is -0.141. The molecular weight excluding hydrogens is 369 g/mol. The Balaban J connectivity index is 1.92. The highest BCUT2D eigenvalue weighted by atomic mass is 19.4. The predicted octanol–water partition coefficient (Wildman–Crippen LogP) is 3.70. The number of aromatic nitrogens is 3. The molecule has 1 unspecified atom stereocenters. The zero-order chi connectivity index (χ0) is 20.7. The lowest BCUT2D eigenvalue weighted by atomic mass is 9.86. The number of allylic oxidation sites excluding steroid dienone is 2. The fourth-order valence-corrected chi connectivity index (χ4v) is 3.05. The third-order valence-corrected chi connectivity index (χ3v) is 4.66. The summed E-state index contributed by atoms with van der Waals surface area (Å²) in [6.07, 6.45) is 8.42. The van der Waals surface area contributed by atoms with E-state index in [1.165, 1.54) is 17.7 Å². The number of terminal acetylenes is 1. The van der Waals surface area contributed by atoms with Gasteiger partial charge in [-0.1, -0.05) is 24.1 Å². The van der Waals surface area contributed by atoms with Gasteiger partial charge in [-0.15, -0.1) is 6.42 Å². The van der Waals surface area contributed by atoms with Gasteiger partial charge in [0, 0.05) is 11.6 Å². The van der Waals surface area contributed by atoms with Crippen molar-refractivity contribution in [1.29, 1.82) is 0 Å². The number of alkyl halides is 3. The number of imidazole rings is 1. The topological polar surface area (TPSA) is 59.3 Å². The van der Waals surface area contributed by atoms with Gasteiger partial charge in [0.05, 0.1) is 5.54 Å². The Labute approximate surface area is 160 Å². The van der Waals surface area contributed by atoms with Gasteiger partial charge in [0.15, 0.2) is 11.3 Å². The Morgan fingerprint density at radius 2 is 2.11 bits per heavy atom. The number of fused-ring (bicyclic) bond motifs is 1. The number of carbonyl (C=O) groups excluding carboxylic acids is 1. The van der Waals surface area contributed by atoms with Crippen LogP contribution in [0.1, 0.15) is 42.1 Å². The van der Waals surface area contributed by atoms with E-state index >= 15 is 0 Å². The molecule has 8 heteroatoms. The highest BCUT2D eigenvalue weighted by Gasteiger charge is 2.34. The van der Waals surface area contributed by atoms with Gasteiger partial charge in [0.25, 0.3) is 5.91 Å². The molecule has 0 saturated carbocycles. The van der Waals surface area contributed by atoms with Crippen molar-refractivity contribution in [2.24, 2.45) is 5.92 Å². The predicted molar refractivity (Wildman–Crippen MR) is 98.4 cm³/mol. The van der Waals surface area contributed by atoms with Gasteiger partial charge in [-0.2, -0.15) is 13.2 Å². The number of halogens is 3. The van der Waals surface area contributed by atoms with Crippen molar-refractivity contribution in [3.05, 3.63) is 53.3 Å². The van der Waals surface area contributed by atoms with E-state index in [1.54, 1.807) is 13.8 Å². The molecule has 3 rings (SSSR count). The largest absolute Gasteiger partial charge is 0.433 e. The van der Waals surface area contributed by atoms with Gasteiger partial charge in [-0.3, -0.25) is 9.20 Å². The molecule has 1 aliphatic rings. The number of hydrogen-bond acceptors (Lipinski definition) is 3. The van der Waals surface area contributed by atoms with Gasteiger partial charge in [0.2, 0.25) is 0 Å². The summed E-state index contributed by atoms with van der Waals surface area (Å²) in [6.45, 7) is 5.10. The van der Waals surface area contributed by atoms with Crippen LogP contribution in [-0.2, 0) is 6.18 Å². The van der Waals surface area contributed by atoms with Crippen LogP contribution in [-0.4, -0.2) is 25.8 Å². The monoisotopic (exact) mass is 388 g/mol. The summed E-state index contributed by atoms with van der Waals surface area (Å²) in [6, 6.07) is 0.917. The molecule has 0 aliphatic heterocycles. The second kappa shape index (κ2) is 6.82. The lowest BCUT2D eigenvalue weighted by Gasteiger charge is -2.29. The molecule has 0 aromatic carbocycles. The number of amides is 1. The van der Waals surface area contributed by atoms with Crippen molar-refractivity contribution in [2.75, 3.05) is 0 Å². The Bertz CT molecular complexity index is 1040. The second-order valence-electron chi connectivity index (χ2n) is 7.17. The van der Waals surface area contributed by atoms with E-state index in [0.29, 0.717) is 6.42 Å². The van der Waals surface area contributed by atoms with Gasteiger partial charge >= 0.3 is 6.18 Å². The summed E-state index contributed by atoms with van der Waals surface area (Å²) in [5.41, 5.74) is -0.993. The smallest absolute Gasteiger partial charge is 0.342 e. The van der Waals surface area contributed by atoms with Crippen molar-refractivity contribution in [1.82, 2.24) is 19.7 Å². The number of nitrogens with zero attached hydrogens (tertiary/aromatic N) is 3. The zero-order valence-corrected chi connectivity index (χ0v) is 15.6. The Kier molecular flexibility index (Phi) is 4.79. The van der Waals surface area contributed by atoms with Gasteiger partial charge in [0.1, 0.15) is 12.0 Å². The molecule has 1 aliphatic carbocycles. The molecule has 28 heavy (non-hydrogen) atoms. The molecule has 0 spiro atoms. The summed E-state index contributed by atoms with van der Waals surface area (Å²) in [5, 5.41) is 2.82. The van der Waals surface area contributed by atoms with E-state index in [2.05, 4.69) is 21.2 Å². The zero-order valence-electron chi connectivity index (χ0n) is 15.6. The van der Waals surface area contributed by atoms with Crippen molar-refractivity contribution < 1.29 is 18.0 Å². The van der Waals surface area contributed by atoms with E-state index in [1.807, 2.05) is 18.2 Å². The van der Waals surface area contributed by atoms with Crippen LogP contribution in [0, 0.1) is 25.2 Å². The average molecular weight is 388 g/mol. The van der Waals surface area contributed by atoms with E-state index < -0.39 is 23.3 Å². The molecular formula is C20H19F3N4O. The number of hydrogen-bond donors (Lipinski definition) is 1. The quantitative estimate of drug-likeness (QED) is 0.816. The van der Waals surface area contributed by atoms with Crippen molar-refractivity contribution in [3.8, 4) is 12.3 Å². The summed E-state index contributed by atoms with van der Waals surface area (Å²) >= 11 is 0. The van der Waals surface area contributed by atoms with Crippen molar-refractivity contribution >= 4 is 11.6 Å². The van der Waals surface area contributed by atoms with Gasteiger partial charge < -0.3 is 5.32 Å². The van der Waals surface area contributed by atoms with Crippen LogP contribution in [0.4, 0.5) is 13.2 Å². The second-order valence-corrected chi connectivity index (χ2v) is 7.17. The minimum absolute atomic E-state index is 0.0142. The van der Waals surface area contributed by atoms with Crippen LogP contribution in [0.25, 0.3) is 5.65 Å². The first-order valence-electron chi connectivity index (χ1n) is 8.62. The van der Waals surface area contributed by atoms with Crippen LogP contribution >= 0.6 is 0 Å². The molecule has 0 fully saturated rings. The van der Waals surface area contributed by atoms with Crippen LogP contribution in [0.5, 0.6) is 0 Å². The first kappa shape index (κ1) is 19.7. The molecule has 0 saturated heterocycles. The summed E-state index contributed by atoms with van der Waals surface area (Å²) < 4.78 is 40.6. The SMILES string of the molecule is C#CC1C=CC(C(C)(C)NC(=O)c2ncn3c(C)cc(C(F)(F)F)nc23)=CC1. The highest BCUT2D eigenvalue weighted by Crippen LogP contribution is 2.29. The summed E-state index contributed by atoms with van der Waals surface area (Å²) in [4.78, 5) is 20.4. The van der Waals surface area contributed by atoms with E-state index in [4.69, 9.17) is 6.42 Å². The highest BCUT2D eigenvalue weighted by molar-refractivity contribution is 5.98. The summed E-state index contributed by atoms with van der Waals surface area (Å²) in [5.74, 6) is 2.06. The average Bonchev–Trinajstić information content (AvgIpc) is 3.05. The molecule has 146 valence electrons. The third-order valence-electron chi connectivity index (χ3n) is 4.66. The molecule has 2 aromatic heterocycles. The first-order chi connectivity index (χ1) is 13.0. The third kappa shape index (κ3) is 3.65. The minimum atomic E-state index is -4.62. The molecule has 5 nitrogen and oxygen atoms in total.